The molecule has 0 spiro atoms. The lowest BCUT2D eigenvalue weighted by Gasteiger charge is -1.91. The molecule has 22 heavy (non-hydrogen) atoms. The van der Waals surface area contributed by atoms with Crippen LogP contribution < -0.4 is 4.98 Å². The number of H-pyrrole nitrogens is 3. The second-order valence-corrected chi connectivity index (χ2v) is 4.80. The summed E-state index contributed by atoms with van der Waals surface area (Å²) in [7, 11) is 0. The summed E-state index contributed by atoms with van der Waals surface area (Å²) in [6.45, 7) is 0. The van der Waals surface area contributed by atoms with Crippen molar-refractivity contribution in [3.05, 3.63) is 61.6 Å². The molecule has 0 atom stereocenters. The van der Waals surface area contributed by atoms with Gasteiger partial charge >= 0.3 is 0 Å². The number of nitrogens with one attached hydrogen (secondary N) is 3. The number of pyridine rings is 1. The normalized spacial score (nSPS) is 10.7. The molecule has 0 aliphatic rings. The quantitative estimate of drug-likeness (QED) is 0.459. The van der Waals surface area contributed by atoms with E-state index in [4.69, 9.17) is 0 Å². The molecule has 106 valence electrons. The molecule has 4 heterocycles. The Bertz CT molecular complexity index is 1020. The lowest BCUT2D eigenvalue weighted by molar-refractivity contribution is -0.343. The van der Waals surface area contributed by atoms with Crippen molar-refractivity contribution >= 4 is 33.0 Å². The van der Waals surface area contributed by atoms with Gasteiger partial charge in [-0.25, -0.2) is 19.9 Å². The summed E-state index contributed by atoms with van der Waals surface area (Å²) in [5.74, 6) is 0. The minimum Gasteiger partial charge on any atom is -0.361 e. The number of hydrogen-bond acceptors (Lipinski definition) is 3. The minimum absolute atomic E-state index is 0.713. The van der Waals surface area contributed by atoms with Crippen LogP contribution in [0.4, 0.5) is 0 Å². The van der Waals surface area contributed by atoms with E-state index >= 15 is 0 Å². The fourth-order valence-electron chi connectivity index (χ4n) is 2.42. The van der Waals surface area contributed by atoms with Gasteiger partial charge in [-0.2, -0.15) is 0 Å². The van der Waals surface area contributed by atoms with E-state index in [9.17, 15) is 0 Å². The first kappa shape index (κ1) is 12.5. The predicted molar refractivity (Wildman–Crippen MR) is 84.0 cm³/mol. The first-order valence-corrected chi connectivity index (χ1v) is 6.87. The molecule has 0 bridgehead atoms. The van der Waals surface area contributed by atoms with Crippen LogP contribution in [0.25, 0.3) is 33.0 Å². The van der Waals surface area contributed by atoms with E-state index in [0.29, 0.717) is 5.65 Å². The van der Waals surface area contributed by atoms with Crippen molar-refractivity contribution in [3.63, 3.8) is 0 Å². The molecule has 0 saturated heterocycles. The van der Waals surface area contributed by atoms with E-state index in [0.717, 1.165) is 5.52 Å². The lowest BCUT2D eigenvalue weighted by Crippen LogP contribution is -2.00. The zero-order valence-corrected chi connectivity index (χ0v) is 11.6. The van der Waals surface area contributed by atoms with Crippen LogP contribution >= 0.6 is 0 Å². The van der Waals surface area contributed by atoms with Crippen molar-refractivity contribution < 1.29 is 4.98 Å². The van der Waals surface area contributed by atoms with Crippen LogP contribution in [0.2, 0.25) is 0 Å². The summed E-state index contributed by atoms with van der Waals surface area (Å²) >= 11 is 0. The minimum atomic E-state index is 0.713. The average Bonchev–Trinajstić information content (AvgIpc) is 3.24. The first-order valence-electron chi connectivity index (χ1n) is 6.87. The van der Waals surface area contributed by atoms with E-state index in [1.807, 2.05) is 18.5 Å². The predicted octanol–water partition coefficient (Wildman–Crippen LogP) is 2.49. The van der Waals surface area contributed by atoms with E-state index in [-0.39, 0.29) is 0 Å². The highest BCUT2D eigenvalue weighted by atomic mass is 15.0. The Hall–Kier alpha value is -3.28. The Morgan fingerprint density at radius 1 is 0.955 bits per heavy atom. The van der Waals surface area contributed by atoms with E-state index in [1.54, 1.807) is 12.5 Å². The SMILES string of the molecule is c1c[nH+]c2c(c1)ccc1[nH]ccc12.c1ncc2[nH]cnc2n1. The monoisotopic (exact) mass is 289 g/mol. The molecule has 0 radical (unpaired) electrons. The zero-order chi connectivity index (χ0) is 14.8. The number of benzene rings is 1. The third-order valence-corrected chi connectivity index (χ3v) is 3.46. The molecule has 1 aromatic carbocycles. The van der Waals surface area contributed by atoms with Gasteiger partial charge in [-0.15, -0.1) is 0 Å². The highest BCUT2D eigenvalue weighted by Gasteiger charge is 2.04. The van der Waals surface area contributed by atoms with Gasteiger partial charge in [0, 0.05) is 17.6 Å². The molecule has 5 aromatic rings. The molecule has 5 rings (SSSR count). The molecule has 0 aliphatic carbocycles. The summed E-state index contributed by atoms with van der Waals surface area (Å²) in [6, 6.07) is 10.4. The van der Waals surface area contributed by atoms with E-state index < -0.39 is 0 Å². The highest BCUT2D eigenvalue weighted by molar-refractivity contribution is 6.01. The topological polar surface area (TPSA) is 84.4 Å². The second-order valence-electron chi connectivity index (χ2n) is 4.80. The van der Waals surface area contributed by atoms with Gasteiger partial charge in [-0.1, -0.05) is 0 Å². The maximum Gasteiger partial charge on any atom is 0.220 e. The summed E-state index contributed by atoms with van der Waals surface area (Å²) in [5, 5.41) is 2.49. The first-order chi connectivity index (χ1) is 10.9. The molecule has 0 amide bonds. The number of imidazole rings is 1. The van der Waals surface area contributed by atoms with Crippen molar-refractivity contribution in [2.75, 3.05) is 0 Å². The molecule has 0 saturated carbocycles. The smallest absolute Gasteiger partial charge is 0.220 e. The lowest BCUT2D eigenvalue weighted by atomic mass is 10.1. The molecule has 6 nitrogen and oxygen atoms in total. The van der Waals surface area contributed by atoms with Gasteiger partial charge in [0.25, 0.3) is 0 Å². The van der Waals surface area contributed by atoms with E-state index in [2.05, 4.69) is 54.2 Å². The standard InChI is InChI=1S/C11H8N2.C5H4N4/c1-2-8-3-4-10-9(5-7-12-10)11(8)13-6-1;1-4-5(8-2-6-1)9-3-7-4/h1-7,12H;1-3H,(H,6,7,8,9)/p+1. The Morgan fingerprint density at radius 2 is 1.95 bits per heavy atom. The average molecular weight is 289 g/mol. The fourth-order valence-corrected chi connectivity index (χ4v) is 2.42. The third-order valence-electron chi connectivity index (χ3n) is 3.46. The number of rotatable bonds is 0. The molecule has 3 N–H and O–H groups in total. The van der Waals surface area contributed by atoms with Gasteiger partial charge in [0.05, 0.1) is 23.4 Å². The Kier molecular flexibility index (Phi) is 2.97. The summed E-state index contributed by atoms with van der Waals surface area (Å²) in [6.07, 6.45) is 8.68. The maximum atomic E-state index is 3.91. The van der Waals surface area contributed by atoms with Crippen LogP contribution in [0.5, 0.6) is 0 Å². The third kappa shape index (κ3) is 2.16. The van der Waals surface area contributed by atoms with Crippen molar-refractivity contribution in [2.45, 2.75) is 0 Å². The van der Waals surface area contributed by atoms with Crippen LogP contribution in [0.3, 0.4) is 0 Å². The van der Waals surface area contributed by atoms with Crippen molar-refractivity contribution in [3.8, 4) is 0 Å². The number of hydrogen-bond donors (Lipinski definition) is 2. The van der Waals surface area contributed by atoms with Crippen LogP contribution in [0.15, 0.2) is 61.6 Å². The van der Waals surface area contributed by atoms with Crippen LogP contribution in [-0.4, -0.2) is 24.9 Å². The zero-order valence-electron chi connectivity index (χ0n) is 11.6. The van der Waals surface area contributed by atoms with Crippen molar-refractivity contribution in [1.29, 1.82) is 0 Å². The summed E-state index contributed by atoms with van der Waals surface area (Å²) < 4.78 is 0. The van der Waals surface area contributed by atoms with Gasteiger partial charge in [0.1, 0.15) is 11.8 Å². The highest BCUT2D eigenvalue weighted by Crippen LogP contribution is 2.19. The Morgan fingerprint density at radius 3 is 2.91 bits per heavy atom. The second kappa shape index (κ2) is 5.25. The molecule has 6 heteroatoms. The number of aromatic amines is 3. The summed E-state index contributed by atoms with van der Waals surface area (Å²) in [5.41, 5.74) is 3.96. The van der Waals surface area contributed by atoms with Crippen LogP contribution in [0.1, 0.15) is 0 Å². The fraction of sp³-hybridized carbons (Fsp3) is 0. The molecular weight excluding hydrogens is 276 g/mol. The van der Waals surface area contributed by atoms with Gasteiger partial charge < -0.3 is 9.97 Å². The number of aromatic nitrogens is 6. The number of nitrogens with zero attached hydrogens (tertiary/aromatic N) is 3. The Balaban J connectivity index is 0.000000122. The molecule has 4 aromatic heterocycles. The molecule has 0 aliphatic heterocycles. The van der Waals surface area contributed by atoms with Gasteiger partial charge in [-0.3, -0.25) is 0 Å². The number of fused-ring (bicyclic) bond motifs is 4. The van der Waals surface area contributed by atoms with Crippen molar-refractivity contribution in [2.24, 2.45) is 0 Å². The van der Waals surface area contributed by atoms with Gasteiger partial charge in [0.2, 0.25) is 5.52 Å². The van der Waals surface area contributed by atoms with Gasteiger partial charge in [-0.05, 0) is 24.3 Å². The van der Waals surface area contributed by atoms with Crippen LogP contribution in [-0.2, 0) is 0 Å². The summed E-state index contributed by atoms with van der Waals surface area (Å²) in [4.78, 5) is 20.9. The molecular formula is C16H13N6+. The van der Waals surface area contributed by atoms with Gasteiger partial charge in [0.15, 0.2) is 11.8 Å². The Labute approximate surface area is 125 Å². The van der Waals surface area contributed by atoms with Crippen LogP contribution in [0, 0.1) is 0 Å². The van der Waals surface area contributed by atoms with E-state index in [1.165, 1.54) is 28.1 Å². The molecule has 0 fully saturated rings. The maximum absolute atomic E-state index is 3.91. The largest absolute Gasteiger partial charge is 0.361 e. The van der Waals surface area contributed by atoms with Crippen molar-refractivity contribution in [1.82, 2.24) is 24.9 Å². The molecule has 0 unspecified atom stereocenters.